The second-order valence-corrected chi connectivity index (χ2v) is 6.98. The van der Waals surface area contributed by atoms with Crippen molar-refractivity contribution in [3.8, 4) is 0 Å². The smallest absolute Gasteiger partial charge is 0.237 e. The van der Waals surface area contributed by atoms with Crippen molar-refractivity contribution in [2.24, 2.45) is 0 Å². The first-order valence-corrected chi connectivity index (χ1v) is 7.58. The maximum Gasteiger partial charge on any atom is 0.237 e. The van der Waals surface area contributed by atoms with Gasteiger partial charge in [0.05, 0.1) is 5.25 Å². The third-order valence-corrected chi connectivity index (χ3v) is 4.46. The summed E-state index contributed by atoms with van der Waals surface area (Å²) < 4.78 is 0.824. The van der Waals surface area contributed by atoms with Crippen molar-refractivity contribution in [1.82, 2.24) is 10.2 Å². The van der Waals surface area contributed by atoms with Crippen LogP contribution < -0.4 is 5.32 Å². The lowest BCUT2D eigenvalue weighted by Gasteiger charge is -2.10. The van der Waals surface area contributed by atoms with E-state index in [0.29, 0.717) is 0 Å². The first-order chi connectivity index (χ1) is 9.04. The highest BCUT2D eigenvalue weighted by Crippen LogP contribution is 2.26. The van der Waals surface area contributed by atoms with Crippen molar-refractivity contribution in [3.63, 3.8) is 0 Å². The summed E-state index contributed by atoms with van der Waals surface area (Å²) in [7, 11) is 0. The summed E-state index contributed by atoms with van der Waals surface area (Å²) in [5.74, 6) is -0.0246. The van der Waals surface area contributed by atoms with Gasteiger partial charge in [-0.1, -0.05) is 35.2 Å². The van der Waals surface area contributed by atoms with E-state index in [1.807, 2.05) is 45.0 Å². The van der Waals surface area contributed by atoms with Crippen LogP contribution in [0.5, 0.6) is 0 Å². The summed E-state index contributed by atoms with van der Waals surface area (Å²) in [6.45, 7) is 5.77. The molecule has 19 heavy (non-hydrogen) atoms. The molecule has 0 saturated carbocycles. The van der Waals surface area contributed by atoms with Crippen LogP contribution in [0.15, 0.2) is 28.6 Å². The van der Waals surface area contributed by atoms with Gasteiger partial charge in [0.1, 0.15) is 5.01 Å². The number of carbonyl (C=O) groups excluding carboxylic acids is 1. The Bertz CT molecular complexity index is 583. The second kappa shape index (κ2) is 6.16. The summed E-state index contributed by atoms with van der Waals surface area (Å²) in [6, 6.07) is 7.76. The Kier molecular flexibility index (Phi) is 4.55. The lowest BCUT2D eigenvalue weighted by molar-refractivity contribution is -0.115. The molecule has 1 atom stereocenters. The Labute approximate surface area is 120 Å². The molecule has 0 aliphatic rings. The Balaban J connectivity index is 1.96. The number of aromatic nitrogens is 2. The topological polar surface area (TPSA) is 54.9 Å². The number of hydrogen-bond acceptors (Lipinski definition) is 5. The van der Waals surface area contributed by atoms with Crippen LogP contribution in [0, 0.1) is 13.8 Å². The van der Waals surface area contributed by atoms with Gasteiger partial charge >= 0.3 is 0 Å². The summed E-state index contributed by atoms with van der Waals surface area (Å²) >= 11 is 2.93. The summed E-state index contributed by atoms with van der Waals surface area (Å²) in [4.78, 5) is 12.1. The molecule has 1 heterocycles. The molecule has 2 aromatic rings. The minimum Gasteiger partial charge on any atom is -0.325 e. The molecule has 6 heteroatoms. The number of benzene rings is 1. The number of amides is 1. The van der Waals surface area contributed by atoms with Crippen LogP contribution in [0.4, 0.5) is 5.69 Å². The largest absolute Gasteiger partial charge is 0.325 e. The SMILES string of the molecule is Cc1cccc(NC(=O)C(C)Sc2nnc(C)s2)c1. The molecule has 1 amide bonds. The van der Waals surface area contributed by atoms with Crippen LogP contribution in [0.2, 0.25) is 0 Å². The van der Waals surface area contributed by atoms with Gasteiger partial charge in [0, 0.05) is 5.69 Å². The fraction of sp³-hybridized carbons (Fsp3) is 0.308. The molecule has 0 aliphatic heterocycles. The number of rotatable bonds is 4. The minimum absolute atomic E-state index is 0.0246. The zero-order chi connectivity index (χ0) is 13.8. The number of aryl methyl sites for hydroxylation is 2. The van der Waals surface area contributed by atoms with Crippen LogP contribution in [0.1, 0.15) is 17.5 Å². The lowest BCUT2D eigenvalue weighted by atomic mass is 10.2. The van der Waals surface area contributed by atoms with E-state index in [9.17, 15) is 4.79 Å². The van der Waals surface area contributed by atoms with Gasteiger partial charge in [-0.25, -0.2) is 0 Å². The molecule has 0 bridgehead atoms. The zero-order valence-corrected chi connectivity index (χ0v) is 12.6. The molecule has 1 unspecified atom stereocenters. The Morgan fingerprint density at radius 3 is 2.79 bits per heavy atom. The molecule has 0 spiro atoms. The molecular formula is C13H15N3OS2. The van der Waals surface area contributed by atoms with Crippen molar-refractivity contribution >= 4 is 34.7 Å². The minimum atomic E-state index is -0.201. The summed E-state index contributed by atoms with van der Waals surface area (Å²) in [6.07, 6.45) is 0. The third-order valence-electron chi connectivity index (χ3n) is 2.44. The number of thioether (sulfide) groups is 1. The van der Waals surface area contributed by atoms with Crippen molar-refractivity contribution < 1.29 is 4.79 Å². The number of carbonyl (C=O) groups is 1. The summed E-state index contributed by atoms with van der Waals surface area (Å²) in [5.41, 5.74) is 1.95. The van der Waals surface area contributed by atoms with Gasteiger partial charge in [-0.05, 0) is 38.5 Å². The average molecular weight is 293 g/mol. The van der Waals surface area contributed by atoms with Gasteiger partial charge in [0.2, 0.25) is 5.91 Å². The van der Waals surface area contributed by atoms with Crippen molar-refractivity contribution in [3.05, 3.63) is 34.8 Å². The van der Waals surface area contributed by atoms with Gasteiger partial charge in [0.25, 0.3) is 0 Å². The van der Waals surface area contributed by atoms with Gasteiger partial charge in [-0.3, -0.25) is 4.79 Å². The maximum absolute atomic E-state index is 12.1. The van der Waals surface area contributed by atoms with Crippen LogP contribution in [0.25, 0.3) is 0 Å². The molecule has 1 N–H and O–H groups in total. The standard InChI is InChI=1S/C13H15N3OS2/c1-8-5-4-6-11(7-8)14-12(17)9(2)18-13-16-15-10(3)19-13/h4-7,9H,1-3H3,(H,14,17). The van der Waals surface area contributed by atoms with Crippen LogP contribution in [-0.4, -0.2) is 21.4 Å². The molecule has 4 nitrogen and oxygen atoms in total. The van der Waals surface area contributed by atoms with Gasteiger partial charge in [-0.15, -0.1) is 10.2 Å². The van der Waals surface area contributed by atoms with Crippen LogP contribution >= 0.6 is 23.1 Å². The molecule has 0 saturated heterocycles. The molecule has 100 valence electrons. The normalized spacial score (nSPS) is 12.2. The van der Waals surface area contributed by atoms with Crippen molar-refractivity contribution in [2.75, 3.05) is 5.32 Å². The van der Waals surface area contributed by atoms with Gasteiger partial charge in [0.15, 0.2) is 4.34 Å². The van der Waals surface area contributed by atoms with E-state index in [4.69, 9.17) is 0 Å². The molecule has 2 rings (SSSR count). The molecule has 0 fully saturated rings. The van der Waals surface area contributed by atoms with E-state index in [0.717, 1.165) is 20.6 Å². The highest BCUT2D eigenvalue weighted by molar-refractivity contribution is 8.02. The number of hydrogen-bond donors (Lipinski definition) is 1. The molecule has 1 aromatic carbocycles. The first-order valence-electron chi connectivity index (χ1n) is 5.89. The lowest BCUT2D eigenvalue weighted by Crippen LogP contribution is -2.22. The quantitative estimate of drug-likeness (QED) is 0.879. The van der Waals surface area contributed by atoms with Gasteiger partial charge < -0.3 is 5.32 Å². The number of nitrogens with zero attached hydrogens (tertiary/aromatic N) is 2. The summed E-state index contributed by atoms with van der Waals surface area (Å²) in [5, 5.41) is 11.6. The number of nitrogens with one attached hydrogen (secondary N) is 1. The molecule has 1 aromatic heterocycles. The number of anilines is 1. The fourth-order valence-electron chi connectivity index (χ4n) is 1.50. The highest BCUT2D eigenvalue weighted by atomic mass is 32.2. The molecule has 0 aliphatic carbocycles. The predicted octanol–water partition coefficient (Wildman–Crippen LogP) is 3.27. The van der Waals surface area contributed by atoms with E-state index < -0.39 is 0 Å². The zero-order valence-electron chi connectivity index (χ0n) is 11.0. The maximum atomic E-state index is 12.1. The first kappa shape index (κ1) is 14.0. The molecular weight excluding hydrogens is 278 g/mol. The molecule has 0 radical (unpaired) electrons. The van der Waals surface area contributed by atoms with E-state index in [1.54, 1.807) is 0 Å². The van der Waals surface area contributed by atoms with Crippen LogP contribution in [0.3, 0.4) is 0 Å². The fourth-order valence-corrected chi connectivity index (χ4v) is 3.46. The third kappa shape index (κ3) is 4.04. The van der Waals surface area contributed by atoms with E-state index in [1.165, 1.54) is 23.1 Å². The van der Waals surface area contributed by atoms with E-state index >= 15 is 0 Å². The monoisotopic (exact) mass is 293 g/mol. The Hall–Kier alpha value is -1.40. The predicted molar refractivity (Wildman–Crippen MR) is 79.8 cm³/mol. The second-order valence-electron chi connectivity index (χ2n) is 4.21. The van der Waals surface area contributed by atoms with Gasteiger partial charge in [-0.2, -0.15) is 0 Å². The Morgan fingerprint density at radius 2 is 2.16 bits per heavy atom. The van der Waals surface area contributed by atoms with Crippen LogP contribution in [-0.2, 0) is 4.79 Å². The average Bonchev–Trinajstić information content (AvgIpc) is 2.74. The van der Waals surface area contributed by atoms with E-state index in [2.05, 4.69) is 15.5 Å². The van der Waals surface area contributed by atoms with E-state index in [-0.39, 0.29) is 11.2 Å². The van der Waals surface area contributed by atoms with Crippen molar-refractivity contribution in [1.29, 1.82) is 0 Å². The highest BCUT2D eigenvalue weighted by Gasteiger charge is 2.16. The Morgan fingerprint density at radius 1 is 1.37 bits per heavy atom. The van der Waals surface area contributed by atoms with Crippen molar-refractivity contribution in [2.45, 2.75) is 30.4 Å².